The Hall–Kier alpha value is -3.67. The Kier molecular flexibility index (Phi) is 65.7. The van der Waals surface area contributed by atoms with Crippen LogP contribution < -0.4 is 0 Å². The van der Waals surface area contributed by atoms with Gasteiger partial charge in [0.1, 0.15) is 13.2 Å². The van der Waals surface area contributed by atoms with Gasteiger partial charge >= 0.3 is 17.9 Å². The number of allylic oxidation sites excluding steroid dienone is 16. The highest BCUT2D eigenvalue weighted by Crippen LogP contribution is 2.17. The number of esters is 3. The van der Waals surface area contributed by atoms with E-state index in [0.29, 0.717) is 19.3 Å². The smallest absolute Gasteiger partial charge is 0.306 e. The van der Waals surface area contributed by atoms with E-state index in [-0.39, 0.29) is 31.1 Å². The summed E-state index contributed by atoms with van der Waals surface area (Å²) in [7, 11) is 0. The summed E-state index contributed by atoms with van der Waals surface area (Å²) < 4.78 is 16.9. The highest BCUT2D eigenvalue weighted by molar-refractivity contribution is 5.71. The lowest BCUT2D eigenvalue weighted by Crippen LogP contribution is -2.30. The van der Waals surface area contributed by atoms with Gasteiger partial charge in [0.2, 0.25) is 0 Å². The minimum Gasteiger partial charge on any atom is -0.462 e. The lowest BCUT2D eigenvalue weighted by atomic mass is 10.0. The largest absolute Gasteiger partial charge is 0.462 e. The predicted molar refractivity (Wildman–Crippen MR) is 353 cm³/mol. The van der Waals surface area contributed by atoms with Crippen LogP contribution in [-0.2, 0) is 28.6 Å². The monoisotopic (exact) mass is 1130 g/mol. The van der Waals surface area contributed by atoms with Gasteiger partial charge in [-0.25, -0.2) is 0 Å². The van der Waals surface area contributed by atoms with Crippen molar-refractivity contribution in [3.05, 3.63) is 97.2 Å². The Morgan fingerprint density at radius 1 is 0.259 bits per heavy atom. The second-order valence-corrected chi connectivity index (χ2v) is 23.0. The van der Waals surface area contributed by atoms with Crippen LogP contribution in [0.25, 0.3) is 0 Å². The van der Waals surface area contributed by atoms with E-state index in [0.717, 1.165) is 128 Å². The Balaban J connectivity index is 4.17. The van der Waals surface area contributed by atoms with Crippen LogP contribution in [0.3, 0.4) is 0 Å². The summed E-state index contributed by atoms with van der Waals surface area (Å²) in [5.74, 6) is -0.894. The fourth-order valence-corrected chi connectivity index (χ4v) is 9.92. The molecule has 0 fully saturated rings. The lowest BCUT2D eigenvalue weighted by molar-refractivity contribution is -0.167. The van der Waals surface area contributed by atoms with E-state index in [9.17, 15) is 14.4 Å². The van der Waals surface area contributed by atoms with Crippen molar-refractivity contribution < 1.29 is 28.6 Å². The van der Waals surface area contributed by atoms with Crippen molar-refractivity contribution in [1.29, 1.82) is 0 Å². The molecule has 0 saturated heterocycles. The topological polar surface area (TPSA) is 78.9 Å². The molecule has 1 atom stereocenters. The van der Waals surface area contributed by atoms with Gasteiger partial charge in [0.15, 0.2) is 6.10 Å². The second kappa shape index (κ2) is 68.8. The molecule has 6 heteroatoms. The van der Waals surface area contributed by atoms with Crippen LogP contribution in [0, 0.1) is 0 Å². The standard InChI is InChI=1S/C75H130O6/c1-4-7-10-13-16-19-22-25-28-29-30-31-32-33-34-35-36-37-38-39-40-41-42-43-44-45-48-50-53-56-59-62-65-68-74(77)80-71-72(81-75(78)69-66-63-60-57-54-51-47-27-24-21-18-15-12-9-6-3)70-79-73(76)67-64-61-58-55-52-49-46-26-23-20-17-14-11-8-5-2/h7,9-10,12,16,18-19,21,25-28,30-31,46-47,72H,4-6,8,11,13-15,17,20,22-24,29,32-45,48-71H2,1-3H3/b10-7-,12-9-,19-16-,21-18-,28-25-,31-30-,46-26-,47-27-. The zero-order valence-corrected chi connectivity index (χ0v) is 53.5. The van der Waals surface area contributed by atoms with E-state index < -0.39 is 6.10 Å². The summed E-state index contributed by atoms with van der Waals surface area (Å²) in [5, 5.41) is 0. The van der Waals surface area contributed by atoms with Gasteiger partial charge in [-0.3, -0.25) is 14.4 Å². The molecule has 0 aromatic heterocycles. The van der Waals surface area contributed by atoms with Gasteiger partial charge in [-0.1, -0.05) is 304 Å². The molecule has 1 unspecified atom stereocenters. The molecule has 0 aliphatic heterocycles. The van der Waals surface area contributed by atoms with Crippen molar-refractivity contribution in [2.75, 3.05) is 13.2 Å². The highest BCUT2D eigenvalue weighted by atomic mass is 16.6. The molecule has 0 spiro atoms. The van der Waals surface area contributed by atoms with E-state index in [1.807, 2.05) is 0 Å². The summed E-state index contributed by atoms with van der Waals surface area (Å²) in [5.41, 5.74) is 0. The van der Waals surface area contributed by atoms with Crippen LogP contribution in [-0.4, -0.2) is 37.2 Å². The van der Waals surface area contributed by atoms with E-state index in [4.69, 9.17) is 14.2 Å². The van der Waals surface area contributed by atoms with Crippen molar-refractivity contribution in [2.45, 2.75) is 348 Å². The Morgan fingerprint density at radius 2 is 0.481 bits per heavy atom. The van der Waals surface area contributed by atoms with Crippen molar-refractivity contribution in [1.82, 2.24) is 0 Å². The van der Waals surface area contributed by atoms with Crippen molar-refractivity contribution in [3.63, 3.8) is 0 Å². The molecule has 0 aromatic carbocycles. The zero-order chi connectivity index (χ0) is 58.5. The van der Waals surface area contributed by atoms with Crippen LogP contribution in [0.4, 0.5) is 0 Å². The third-order valence-electron chi connectivity index (χ3n) is 15.1. The molecule has 0 bridgehead atoms. The minimum absolute atomic E-state index is 0.0836. The maximum atomic E-state index is 12.9. The maximum absolute atomic E-state index is 12.9. The first-order valence-electron chi connectivity index (χ1n) is 34.7. The number of hydrogen-bond donors (Lipinski definition) is 0. The van der Waals surface area contributed by atoms with Gasteiger partial charge in [-0.15, -0.1) is 0 Å². The van der Waals surface area contributed by atoms with E-state index >= 15 is 0 Å². The summed E-state index contributed by atoms with van der Waals surface area (Å²) >= 11 is 0. The summed E-state index contributed by atoms with van der Waals surface area (Å²) in [6.45, 7) is 6.43. The van der Waals surface area contributed by atoms with Gasteiger partial charge in [0.25, 0.3) is 0 Å². The maximum Gasteiger partial charge on any atom is 0.306 e. The third-order valence-corrected chi connectivity index (χ3v) is 15.1. The molecular weight excluding hydrogens is 997 g/mol. The molecular formula is C75H130O6. The first kappa shape index (κ1) is 77.3. The lowest BCUT2D eigenvalue weighted by Gasteiger charge is -2.18. The number of carbonyl (C=O) groups is 3. The van der Waals surface area contributed by atoms with Crippen molar-refractivity contribution in [3.8, 4) is 0 Å². The van der Waals surface area contributed by atoms with E-state index in [1.54, 1.807) is 0 Å². The molecule has 0 aliphatic carbocycles. The Labute approximate surface area is 502 Å². The molecule has 0 heterocycles. The molecule has 6 nitrogen and oxygen atoms in total. The van der Waals surface area contributed by atoms with Gasteiger partial charge < -0.3 is 14.2 Å². The van der Waals surface area contributed by atoms with Gasteiger partial charge in [0, 0.05) is 19.3 Å². The molecule has 0 aromatic rings. The van der Waals surface area contributed by atoms with E-state index in [2.05, 4.69) is 118 Å². The van der Waals surface area contributed by atoms with Gasteiger partial charge in [0.05, 0.1) is 0 Å². The van der Waals surface area contributed by atoms with Gasteiger partial charge in [-0.2, -0.15) is 0 Å². The number of ether oxygens (including phenoxy) is 3. The zero-order valence-electron chi connectivity index (χ0n) is 53.5. The van der Waals surface area contributed by atoms with E-state index in [1.165, 1.54) is 173 Å². The number of hydrogen-bond acceptors (Lipinski definition) is 6. The number of carbonyl (C=O) groups excluding carboxylic acids is 3. The number of unbranched alkanes of at least 4 members (excludes halogenated alkanes) is 36. The van der Waals surface area contributed by atoms with Crippen molar-refractivity contribution >= 4 is 17.9 Å². The van der Waals surface area contributed by atoms with Crippen LogP contribution in [0.2, 0.25) is 0 Å². The van der Waals surface area contributed by atoms with Gasteiger partial charge in [-0.05, 0) is 116 Å². The normalized spacial score (nSPS) is 12.7. The summed E-state index contributed by atoms with van der Waals surface area (Å²) in [4.78, 5) is 38.4. The number of rotatable bonds is 63. The van der Waals surface area contributed by atoms with Crippen LogP contribution in [0.15, 0.2) is 97.2 Å². The third kappa shape index (κ3) is 67.0. The molecule has 81 heavy (non-hydrogen) atoms. The Bertz CT molecular complexity index is 1580. The highest BCUT2D eigenvalue weighted by Gasteiger charge is 2.19. The molecule has 0 saturated carbocycles. The molecule has 0 aliphatic rings. The van der Waals surface area contributed by atoms with Crippen molar-refractivity contribution in [2.24, 2.45) is 0 Å². The molecule has 0 radical (unpaired) electrons. The molecule has 0 amide bonds. The fourth-order valence-electron chi connectivity index (χ4n) is 9.92. The first-order chi connectivity index (χ1) is 40.0. The Morgan fingerprint density at radius 3 is 0.765 bits per heavy atom. The first-order valence-corrected chi connectivity index (χ1v) is 34.7. The SMILES string of the molecule is CC/C=C\C/C=C\C/C=C\C/C=C\CCCCCCCCCCCCCCCCCCCCCCC(=O)OCC(COC(=O)CCCCCCC/C=C\CCCCCCCC)OC(=O)CCCCCCC/C=C\C/C=C\C/C=C\CC. The quantitative estimate of drug-likeness (QED) is 0.0261. The van der Waals surface area contributed by atoms with Crippen LogP contribution in [0.1, 0.15) is 342 Å². The molecule has 0 N–H and O–H groups in total. The summed E-state index contributed by atoms with van der Waals surface area (Å²) in [6.07, 6.45) is 93.0. The average molecular weight is 1130 g/mol. The predicted octanol–water partition coefficient (Wildman–Crippen LogP) is 24.0. The second-order valence-electron chi connectivity index (χ2n) is 23.0. The minimum atomic E-state index is -0.789. The average Bonchev–Trinajstić information content (AvgIpc) is 3.47. The van der Waals surface area contributed by atoms with Crippen LogP contribution in [0.5, 0.6) is 0 Å². The summed E-state index contributed by atoms with van der Waals surface area (Å²) in [6, 6.07) is 0. The molecule has 0 rings (SSSR count). The molecule has 466 valence electrons. The van der Waals surface area contributed by atoms with Crippen LogP contribution >= 0.6 is 0 Å². The fraction of sp³-hybridized carbons (Fsp3) is 0.747.